The molecule has 0 radical (unpaired) electrons. The standard InChI is InChI=1S/C26H26N2O5/c29-21(30)13-20(22(31)28-23-25(9-10-25)26(23)11-12-26)27-24(32)33-14-19-17-7-3-1-5-15(17)16-6-2-4-8-18(16)19/h1-8,19-20,23H,9-14H2,(H,27,32)(H,28,31)(H,29,30). The van der Waals surface area contributed by atoms with E-state index in [9.17, 15) is 19.5 Å². The molecule has 2 amide bonds. The summed E-state index contributed by atoms with van der Waals surface area (Å²) in [6.45, 7) is 0.107. The third-order valence-corrected chi connectivity index (χ3v) is 8.21. The van der Waals surface area contributed by atoms with Crippen LogP contribution in [0.15, 0.2) is 48.5 Å². The number of hydrogen-bond donors (Lipinski definition) is 3. The fourth-order valence-electron chi connectivity index (χ4n) is 6.27. The van der Waals surface area contributed by atoms with Gasteiger partial charge in [-0.15, -0.1) is 0 Å². The molecule has 0 heterocycles. The van der Waals surface area contributed by atoms with Crippen LogP contribution in [0.5, 0.6) is 0 Å². The molecule has 0 saturated heterocycles. The van der Waals surface area contributed by atoms with E-state index < -0.39 is 30.4 Å². The first kappa shape index (κ1) is 20.3. The minimum Gasteiger partial charge on any atom is -0.481 e. The zero-order valence-corrected chi connectivity index (χ0v) is 18.2. The Morgan fingerprint density at radius 2 is 1.48 bits per heavy atom. The summed E-state index contributed by atoms with van der Waals surface area (Å²) in [5.41, 5.74) is 4.92. The molecule has 1 unspecified atom stereocenters. The molecule has 170 valence electrons. The van der Waals surface area contributed by atoms with Gasteiger partial charge >= 0.3 is 12.1 Å². The third-order valence-electron chi connectivity index (χ3n) is 8.21. The molecule has 2 spiro atoms. The highest BCUT2D eigenvalue weighted by atomic mass is 16.5. The van der Waals surface area contributed by atoms with Crippen LogP contribution in [0.1, 0.15) is 49.1 Å². The van der Waals surface area contributed by atoms with Crippen LogP contribution in [0.4, 0.5) is 4.79 Å². The maximum Gasteiger partial charge on any atom is 0.407 e. The van der Waals surface area contributed by atoms with Crippen molar-refractivity contribution in [1.82, 2.24) is 10.6 Å². The molecule has 33 heavy (non-hydrogen) atoms. The fraction of sp³-hybridized carbons (Fsp3) is 0.423. The molecule has 4 aliphatic carbocycles. The molecule has 0 bridgehead atoms. The molecule has 4 aliphatic rings. The number of benzene rings is 2. The number of carbonyl (C=O) groups excluding carboxylic acids is 2. The first-order chi connectivity index (χ1) is 15.9. The number of hydrogen-bond acceptors (Lipinski definition) is 4. The van der Waals surface area contributed by atoms with Crippen molar-refractivity contribution in [1.29, 1.82) is 0 Å². The SMILES string of the molecule is O=C(O)CC(NC(=O)OCC1c2ccccc2-c2ccccc21)C(=O)NC1C2(CC2)C12CC2. The minimum absolute atomic E-state index is 0.106. The molecular weight excluding hydrogens is 420 g/mol. The number of nitrogens with one attached hydrogen (secondary N) is 2. The molecule has 3 fully saturated rings. The summed E-state index contributed by atoms with van der Waals surface area (Å²) in [5.74, 6) is -1.69. The first-order valence-electron chi connectivity index (χ1n) is 11.6. The highest BCUT2D eigenvalue weighted by Crippen LogP contribution is 2.88. The molecule has 2 aromatic carbocycles. The van der Waals surface area contributed by atoms with Gasteiger partial charge in [0.25, 0.3) is 0 Å². The van der Waals surface area contributed by atoms with Gasteiger partial charge < -0.3 is 20.5 Å². The van der Waals surface area contributed by atoms with Crippen LogP contribution in [0.25, 0.3) is 11.1 Å². The van der Waals surface area contributed by atoms with E-state index in [-0.39, 0.29) is 29.4 Å². The van der Waals surface area contributed by atoms with E-state index in [0.29, 0.717) is 0 Å². The lowest BCUT2D eigenvalue weighted by Gasteiger charge is -2.19. The molecule has 6 rings (SSSR count). The number of fused-ring (bicyclic) bond motifs is 4. The number of aliphatic carboxylic acids is 1. The van der Waals surface area contributed by atoms with E-state index in [2.05, 4.69) is 22.8 Å². The monoisotopic (exact) mass is 446 g/mol. The molecule has 7 nitrogen and oxygen atoms in total. The summed E-state index contributed by atoms with van der Waals surface area (Å²) in [7, 11) is 0. The molecule has 1 atom stereocenters. The van der Waals surface area contributed by atoms with Gasteiger partial charge in [0.2, 0.25) is 5.91 Å². The van der Waals surface area contributed by atoms with E-state index in [0.717, 1.165) is 47.9 Å². The summed E-state index contributed by atoms with van der Waals surface area (Å²) in [6, 6.07) is 15.0. The van der Waals surface area contributed by atoms with Crippen molar-refractivity contribution in [2.75, 3.05) is 6.61 Å². The zero-order valence-electron chi connectivity index (χ0n) is 18.2. The van der Waals surface area contributed by atoms with Crippen molar-refractivity contribution in [3.8, 4) is 11.1 Å². The van der Waals surface area contributed by atoms with Gasteiger partial charge in [-0.3, -0.25) is 9.59 Å². The Bertz CT molecular complexity index is 1100. The summed E-state index contributed by atoms with van der Waals surface area (Å²) in [4.78, 5) is 36.8. The second-order valence-corrected chi connectivity index (χ2v) is 9.87. The van der Waals surface area contributed by atoms with Crippen molar-refractivity contribution in [3.05, 3.63) is 59.7 Å². The Hall–Kier alpha value is -3.35. The van der Waals surface area contributed by atoms with Gasteiger partial charge in [0, 0.05) is 12.0 Å². The van der Waals surface area contributed by atoms with Crippen molar-refractivity contribution in [2.24, 2.45) is 10.8 Å². The van der Waals surface area contributed by atoms with Crippen molar-refractivity contribution >= 4 is 18.0 Å². The number of carbonyl (C=O) groups is 3. The van der Waals surface area contributed by atoms with Gasteiger partial charge in [-0.1, -0.05) is 48.5 Å². The lowest BCUT2D eigenvalue weighted by Crippen LogP contribution is -2.49. The highest BCUT2D eigenvalue weighted by molar-refractivity contribution is 5.90. The topological polar surface area (TPSA) is 105 Å². The summed E-state index contributed by atoms with van der Waals surface area (Å²) < 4.78 is 5.51. The maximum absolute atomic E-state index is 12.8. The predicted molar refractivity (Wildman–Crippen MR) is 120 cm³/mol. The summed E-state index contributed by atoms with van der Waals surface area (Å²) in [5, 5.41) is 14.8. The van der Waals surface area contributed by atoms with E-state index in [1.165, 1.54) is 0 Å². The lowest BCUT2D eigenvalue weighted by molar-refractivity contribution is -0.139. The van der Waals surface area contributed by atoms with Gasteiger partial charge in [0.1, 0.15) is 12.6 Å². The molecule has 3 saturated carbocycles. The van der Waals surface area contributed by atoms with Gasteiger partial charge in [0.05, 0.1) is 6.42 Å². The Kier molecular flexibility index (Phi) is 4.34. The smallest absolute Gasteiger partial charge is 0.407 e. The maximum atomic E-state index is 12.8. The molecule has 7 heteroatoms. The molecular formula is C26H26N2O5. The van der Waals surface area contributed by atoms with E-state index in [1.54, 1.807) is 0 Å². The van der Waals surface area contributed by atoms with Crippen LogP contribution >= 0.6 is 0 Å². The van der Waals surface area contributed by atoms with Crippen LogP contribution in [0, 0.1) is 10.8 Å². The van der Waals surface area contributed by atoms with Crippen LogP contribution in [-0.2, 0) is 14.3 Å². The zero-order chi connectivity index (χ0) is 22.8. The van der Waals surface area contributed by atoms with Gasteiger partial charge in [-0.25, -0.2) is 4.79 Å². The largest absolute Gasteiger partial charge is 0.481 e. The number of carboxylic acids is 1. The van der Waals surface area contributed by atoms with E-state index in [1.807, 2.05) is 36.4 Å². The van der Waals surface area contributed by atoms with Gasteiger partial charge in [0.15, 0.2) is 0 Å². The van der Waals surface area contributed by atoms with Crippen LogP contribution < -0.4 is 10.6 Å². The summed E-state index contributed by atoms with van der Waals surface area (Å²) >= 11 is 0. The van der Waals surface area contributed by atoms with Crippen molar-refractivity contribution in [3.63, 3.8) is 0 Å². The lowest BCUT2D eigenvalue weighted by atomic mass is 9.98. The van der Waals surface area contributed by atoms with Crippen LogP contribution in [0.3, 0.4) is 0 Å². The average Bonchev–Trinajstić information content (AvgIpc) is 3.74. The second-order valence-electron chi connectivity index (χ2n) is 9.87. The highest BCUT2D eigenvalue weighted by Gasteiger charge is 2.87. The molecule has 3 N–H and O–H groups in total. The van der Waals surface area contributed by atoms with Gasteiger partial charge in [-0.05, 0) is 58.8 Å². The molecule has 2 aromatic rings. The number of carboxylic acid groups (broad SMARTS) is 1. The van der Waals surface area contributed by atoms with Crippen LogP contribution in [0.2, 0.25) is 0 Å². The predicted octanol–water partition coefficient (Wildman–Crippen LogP) is 3.43. The van der Waals surface area contributed by atoms with Crippen molar-refractivity contribution < 1.29 is 24.2 Å². The number of ether oxygens (including phenoxy) is 1. The number of alkyl carbamates (subject to hydrolysis) is 1. The Morgan fingerprint density at radius 1 is 0.939 bits per heavy atom. The van der Waals surface area contributed by atoms with Crippen molar-refractivity contribution in [2.45, 2.75) is 50.1 Å². The number of rotatable bonds is 7. The van der Waals surface area contributed by atoms with E-state index in [4.69, 9.17) is 4.74 Å². The van der Waals surface area contributed by atoms with E-state index >= 15 is 0 Å². The Morgan fingerprint density at radius 3 is 2.00 bits per heavy atom. The summed E-state index contributed by atoms with van der Waals surface area (Å²) in [6.07, 6.45) is 3.24. The third kappa shape index (κ3) is 3.13. The van der Waals surface area contributed by atoms with Crippen LogP contribution in [-0.4, -0.2) is 41.8 Å². The minimum atomic E-state index is -1.16. The normalized spacial score (nSPS) is 21.1. The van der Waals surface area contributed by atoms with Gasteiger partial charge in [-0.2, -0.15) is 0 Å². The second kappa shape index (κ2) is 7.07. The Balaban J connectivity index is 1.11. The quantitative estimate of drug-likeness (QED) is 0.605. The average molecular weight is 447 g/mol. The number of amides is 2. The fourth-order valence-corrected chi connectivity index (χ4v) is 6.27. The Labute approximate surface area is 191 Å². The first-order valence-corrected chi connectivity index (χ1v) is 11.6. The molecule has 0 aliphatic heterocycles. The molecule has 0 aromatic heterocycles.